The number of halogens is 1. The van der Waals surface area contributed by atoms with E-state index in [2.05, 4.69) is 5.32 Å². The zero-order valence-corrected chi connectivity index (χ0v) is 16.6. The minimum absolute atomic E-state index is 0.194. The van der Waals surface area contributed by atoms with Crippen molar-refractivity contribution >= 4 is 22.5 Å². The summed E-state index contributed by atoms with van der Waals surface area (Å²) >= 11 is 0. The van der Waals surface area contributed by atoms with Crippen molar-refractivity contribution in [3.8, 4) is 11.3 Å². The van der Waals surface area contributed by atoms with Crippen LogP contribution in [0.25, 0.3) is 22.2 Å². The predicted molar refractivity (Wildman–Crippen MR) is 116 cm³/mol. The molecule has 0 saturated heterocycles. The second-order valence-electron chi connectivity index (χ2n) is 7.31. The Morgan fingerprint density at radius 1 is 0.897 bits per heavy atom. The maximum atomic E-state index is 13.4. The predicted octanol–water partition coefficient (Wildman–Crippen LogP) is 6.22. The molecule has 0 saturated carbocycles. The normalized spacial score (nSPS) is 10.9. The first-order valence-corrected chi connectivity index (χ1v) is 9.47. The van der Waals surface area contributed by atoms with Crippen LogP contribution in [-0.4, -0.2) is 10.9 Å². The molecular weight excluding hydrogens is 363 g/mol. The van der Waals surface area contributed by atoms with Gasteiger partial charge in [0.15, 0.2) is 0 Å². The van der Waals surface area contributed by atoms with Crippen molar-refractivity contribution in [1.29, 1.82) is 0 Å². The highest BCUT2D eigenvalue weighted by atomic mass is 19.1. The fraction of sp³-hybridized carbons (Fsp3) is 0.120. The first-order chi connectivity index (χ1) is 13.9. The maximum absolute atomic E-state index is 13.4. The van der Waals surface area contributed by atoms with Crippen molar-refractivity contribution in [2.24, 2.45) is 0 Å². The Balaban J connectivity index is 1.89. The van der Waals surface area contributed by atoms with Gasteiger partial charge in [0.25, 0.3) is 5.91 Å². The van der Waals surface area contributed by atoms with Gasteiger partial charge in [-0.1, -0.05) is 29.8 Å². The largest absolute Gasteiger partial charge is 0.322 e. The molecule has 0 atom stereocenters. The van der Waals surface area contributed by atoms with E-state index in [1.165, 1.54) is 12.1 Å². The third kappa shape index (κ3) is 3.74. The summed E-state index contributed by atoms with van der Waals surface area (Å²) in [5.41, 5.74) is 6.54. The molecule has 144 valence electrons. The van der Waals surface area contributed by atoms with Crippen LogP contribution in [0.3, 0.4) is 0 Å². The summed E-state index contributed by atoms with van der Waals surface area (Å²) in [4.78, 5) is 18.0. The molecule has 1 aromatic heterocycles. The van der Waals surface area contributed by atoms with Crippen LogP contribution in [0.1, 0.15) is 27.0 Å². The van der Waals surface area contributed by atoms with E-state index in [0.717, 1.165) is 38.8 Å². The Morgan fingerprint density at radius 2 is 1.62 bits per heavy atom. The first kappa shape index (κ1) is 18.8. The molecule has 4 heteroatoms. The van der Waals surface area contributed by atoms with E-state index >= 15 is 0 Å². The van der Waals surface area contributed by atoms with Crippen molar-refractivity contribution in [2.75, 3.05) is 5.32 Å². The highest BCUT2D eigenvalue weighted by molar-refractivity contribution is 6.13. The van der Waals surface area contributed by atoms with Crippen LogP contribution in [0.5, 0.6) is 0 Å². The maximum Gasteiger partial charge on any atom is 0.256 e. The van der Waals surface area contributed by atoms with Gasteiger partial charge in [-0.05, 0) is 74.4 Å². The molecule has 0 bridgehead atoms. The van der Waals surface area contributed by atoms with E-state index in [0.29, 0.717) is 11.3 Å². The second-order valence-corrected chi connectivity index (χ2v) is 7.31. The van der Waals surface area contributed by atoms with Crippen LogP contribution in [-0.2, 0) is 0 Å². The van der Waals surface area contributed by atoms with Gasteiger partial charge >= 0.3 is 0 Å². The summed E-state index contributed by atoms with van der Waals surface area (Å²) in [5.74, 6) is -0.501. The molecule has 0 aliphatic carbocycles. The van der Waals surface area contributed by atoms with Gasteiger partial charge in [-0.2, -0.15) is 0 Å². The lowest BCUT2D eigenvalue weighted by atomic mass is 9.99. The van der Waals surface area contributed by atoms with Gasteiger partial charge in [0.1, 0.15) is 5.82 Å². The zero-order valence-electron chi connectivity index (χ0n) is 16.6. The average Bonchev–Trinajstić information content (AvgIpc) is 2.69. The van der Waals surface area contributed by atoms with Crippen molar-refractivity contribution in [2.45, 2.75) is 20.8 Å². The van der Waals surface area contributed by atoms with Gasteiger partial charge in [0.2, 0.25) is 0 Å². The van der Waals surface area contributed by atoms with Crippen LogP contribution in [0.15, 0.2) is 66.7 Å². The molecule has 0 aliphatic rings. The van der Waals surface area contributed by atoms with Crippen LogP contribution in [0.4, 0.5) is 10.1 Å². The number of pyridine rings is 1. The fourth-order valence-corrected chi connectivity index (χ4v) is 3.54. The summed E-state index contributed by atoms with van der Waals surface area (Å²) in [6, 6.07) is 19.6. The molecule has 1 N–H and O–H groups in total. The summed E-state index contributed by atoms with van der Waals surface area (Å²) in [6.45, 7) is 5.95. The average molecular weight is 384 g/mol. The summed E-state index contributed by atoms with van der Waals surface area (Å²) in [6.07, 6.45) is 0. The Hall–Kier alpha value is -3.53. The monoisotopic (exact) mass is 384 g/mol. The first-order valence-electron chi connectivity index (χ1n) is 9.47. The molecule has 0 radical (unpaired) electrons. The van der Waals surface area contributed by atoms with Gasteiger partial charge in [0, 0.05) is 16.6 Å². The third-order valence-corrected chi connectivity index (χ3v) is 5.03. The number of nitrogens with one attached hydrogen (secondary N) is 1. The van der Waals surface area contributed by atoms with Crippen LogP contribution in [0, 0.1) is 26.6 Å². The minimum atomic E-state index is -0.307. The van der Waals surface area contributed by atoms with Gasteiger partial charge < -0.3 is 5.32 Å². The number of para-hydroxylation sites is 1. The number of aromatic nitrogens is 1. The smallest absolute Gasteiger partial charge is 0.256 e. The minimum Gasteiger partial charge on any atom is -0.322 e. The van der Waals surface area contributed by atoms with Gasteiger partial charge in [-0.3, -0.25) is 4.79 Å². The lowest BCUT2D eigenvalue weighted by molar-refractivity contribution is 0.102. The summed E-state index contributed by atoms with van der Waals surface area (Å²) in [5, 5.41) is 3.82. The van der Waals surface area contributed by atoms with E-state index in [9.17, 15) is 9.18 Å². The number of benzene rings is 3. The molecule has 4 aromatic rings. The lowest BCUT2D eigenvalue weighted by Gasteiger charge is -2.14. The number of rotatable bonds is 3. The Kier molecular flexibility index (Phi) is 4.85. The number of fused-ring (bicyclic) bond motifs is 1. The van der Waals surface area contributed by atoms with E-state index in [4.69, 9.17) is 4.98 Å². The Labute approximate surface area is 169 Å². The summed E-state index contributed by atoms with van der Waals surface area (Å²) in [7, 11) is 0. The SMILES string of the molecule is Cc1cc(C)c2nc(-c3ccc(F)cc3)cc(C(=O)Nc3ccccc3C)c2c1. The molecule has 3 aromatic carbocycles. The van der Waals surface area contributed by atoms with Crippen molar-refractivity contribution in [3.05, 3.63) is 94.8 Å². The van der Waals surface area contributed by atoms with E-state index in [1.807, 2.05) is 57.2 Å². The van der Waals surface area contributed by atoms with Gasteiger partial charge in [0.05, 0.1) is 16.8 Å². The van der Waals surface area contributed by atoms with Crippen LogP contribution < -0.4 is 5.32 Å². The van der Waals surface area contributed by atoms with Crippen LogP contribution in [0.2, 0.25) is 0 Å². The van der Waals surface area contributed by atoms with Gasteiger partial charge in [-0.25, -0.2) is 9.37 Å². The zero-order chi connectivity index (χ0) is 20.5. The molecule has 29 heavy (non-hydrogen) atoms. The van der Waals surface area contributed by atoms with Crippen LogP contribution >= 0.6 is 0 Å². The van der Waals surface area contributed by atoms with E-state index in [1.54, 1.807) is 18.2 Å². The molecule has 3 nitrogen and oxygen atoms in total. The topological polar surface area (TPSA) is 42.0 Å². The molecule has 0 spiro atoms. The molecule has 1 heterocycles. The standard InChI is InChI=1S/C25H21FN2O/c1-15-12-17(3)24-20(13-15)21(25(29)28-22-7-5-4-6-16(22)2)14-23(27-24)18-8-10-19(26)11-9-18/h4-14H,1-3H3,(H,28,29). The third-order valence-electron chi connectivity index (χ3n) is 5.03. The molecular formula is C25H21FN2O. The number of anilines is 1. The number of carbonyl (C=O) groups excluding carboxylic acids is 1. The molecule has 4 rings (SSSR count). The van der Waals surface area contributed by atoms with E-state index < -0.39 is 0 Å². The number of nitrogens with zero attached hydrogens (tertiary/aromatic N) is 1. The Bertz CT molecular complexity index is 1230. The second kappa shape index (κ2) is 7.47. The molecule has 0 unspecified atom stereocenters. The number of hydrogen-bond donors (Lipinski definition) is 1. The summed E-state index contributed by atoms with van der Waals surface area (Å²) < 4.78 is 13.4. The molecule has 0 aliphatic heterocycles. The molecule has 1 amide bonds. The van der Waals surface area contributed by atoms with Gasteiger partial charge in [-0.15, -0.1) is 0 Å². The van der Waals surface area contributed by atoms with Crippen molar-refractivity contribution in [1.82, 2.24) is 4.98 Å². The lowest BCUT2D eigenvalue weighted by Crippen LogP contribution is -2.14. The number of aryl methyl sites for hydroxylation is 3. The highest BCUT2D eigenvalue weighted by Gasteiger charge is 2.16. The number of hydrogen-bond acceptors (Lipinski definition) is 2. The molecule has 0 fully saturated rings. The Morgan fingerprint density at radius 3 is 2.34 bits per heavy atom. The van der Waals surface area contributed by atoms with E-state index in [-0.39, 0.29) is 11.7 Å². The fourth-order valence-electron chi connectivity index (χ4n) is 3.54. The van der Waals surface area contributed by atoms with Crippen molar-refractivity contribution in [3.63, 3.8) is 0 Å². The quantitative estimate of drug-likeness (QED) is 0.456. The highest BCUT2D eigenvalue weighted by Crippen LogP contribution is 2.29. The number of amides is 1. The van der Waals surface area contributed by atoms with Crippen molar-refractivity contribution < 1.29 is 9.18 Å². The number of carbonyl (C=O) groups is 1.